The van der Waals surface area contributed by atoms with Crippen LogP contribution in [0.2, 0.25) is 0 Å². The first-order chi connectivity index (χ1) is 8.33. The van der Waals surface area contributed by atoms with E-state index in [2.05, 4.69) is 19.2 Å². The van der Waals surface area contributed by atoms with Crippen molar-refractivity contribution in [2.45, 2.75) is 70.9 Å². The fourth-order valence-corrected chi connectivity index (χ4v) is 2.87. The molecule has 0 aromatic carbocycles. The molecule has 3 atom stereocenters. The highest BCUT2D eigenvalue weighted by Gasteiger charge is 2.31. The molecule has 0 saturated heterocycles. The van der Waals surface area contributed by atoms with Crippen molar-refractivity contribution < 1.29 is 4.74 Å². The molecule has 0 bridgehead atoms. The fraction of sp³-hybridized carbons (Fsp3) is 1.00. The second-order valence-corrected chi connectivity index (χ2v) is 5.96. The van der Waals surface area contributed by atoms with Crippen molar-refractivity contribution in [1.29, 1.82) is 0 Å². The SMILES string of the molecule is CCCNC1CCC(CC)CC1OCC1CC1. The van der Waals surface area contributed by atoms with E-state index in [0.717, 1.165) is 25.0 Å². The summed E-state index contributed by atoms with van der Waals surface area (Å²) in [6.07, 6.45) is 9.82. The highest BCUT2D eigenvalue weighted by atomic mass is 16.5. The van der Waals surface area contributed by atoms with Gasteiger partial charge in [0.25, 0.3) is 0 Å². The minimum absolute atomic E-state index is 0.487. The normalized spacial score (nSPS) is 33.9. The Morgan fingerprint density at radius 3 is 2.47 bits per heavy atom. The van der Waals surface area contributed by atoms with E-state index in [4.69, 9.17) is 4.74 Å². The van der Waals surface area contributed by atoms with E-state index in [1.165, 1.54) is 44.9 Å². The summed E-state index contributed by atoms with van der Waals surface area (Å²) in [5.74, 6) is 1.79. The van der Waals surface area contributed by atoms with E-state index in [-0.39, 0.29) is 0 Å². The Morgan fingerprint density at radius 1 is 1.06 bits per heavy atom. The second-order valence-electron chi connectivity index (χ2n) is 5.96. The van der Waals surface area contributed by atoms with Crippen LogP contribution >= 0.6 is 0 Å². The Labute approximate surface area is 107 Å². The van der Waals surface area contributed by atoms with Crippen molar-refractivity contribution in [3.63, 3.8) is 0 Å². The molecule has 2 aliphatic rings. The third kappa shape index (κ3) is 4.26. The van der Waals surface area contributed by atoms with Gasteiger partial charge in [-0.05, 0) is 56.9 Å². The van der Waals surface area contributed by atoms with Crippen molar-refractivity contribution >= 4 is 0 Å². The average Bonchev–Trinajstić information content (AvgIpc) is 3.18. The Bertz CT molecular complexity index is 215. The van der Waals surface area contributed by atoms with Gasteiger partial charge >= 0.3 is 0 Å². The summed E-state index contributed by atoms with van der Waals surface area (Å²) in [7, 11) is 0. The van der Waals surface area contributed by atoms with Crippen LogP contribution in [0.25, 0.3) is 0 Å². The summed E-state index contributed by atoms with van der Waals surface area (Å²) >= 11 is 0. The lowest BCUT2D eigenvalue weighted by atomic mass is 9.82. The van der Waals surface area contributed by atoms with Crippen molar-refractivity contribution in [2.75, 3.05) is 13.2 Å². The first-order valence-electron chi connectivity index (χ1n) is 7.68. The van der Waals surface area contributed by atoms with E-state index in [0.29, 0.717) is 12.1 Å². The molecule has 0 aromatic heterocycles. The van der Waals surface area contributed by atoms with Gasteiger partial charge < -0.3 is 10.1 Å². The zero-order valence-electron chi connectivity index (χ0n) is 11.6. The molecule has 2 heteroatoms. The molecule has 0 aliphatic heterocycles. The first-order valence-corrected chi connectivity index (χ1v) is 7.68. The predicted octanol–water partition coefficient (Wildman–Crippen LogP) is 3.36. The van der Waals surface area contributed by atoms with Gasteiger partial charge in [0.05, 0.1) is 6.10 Å². The van der Waals surface area contributed by atoms with Gasteiger partial charge in [0.1, 0.15) is 0 Å². The average molecular weight is 239 g/mol. The predicted molar refractivity (Wildman–Crippen MR) is 72.2 cm³/mol. The number of ether oxygens (including phenoxy) is 1. The molecule has 2 fully saturated rings. The lowest BCUT2D eigenvalue weighted by Crippen LogP contribution is -2.46. The van der Waals surface area contributed by atoms with Crippen molar-refractivity contribution in [3.05, 3.63) is 0 Å². The van der Waals surface area contributed by atoms with Crippen LogP contribution in [0.5, 0.6) is 0 Å². The van der Waals surface area contributed by atoms with Crippen molar-refractivity contribution in [3.8, 4) is 0 Å². The Hall–Kier alpha value is -0.0800. The zero-order chi connectivity index (χ0) is 12.1. The molecule has 2 saturated carbocycles. The van der Waals surface area contributed by atoms with Crippen LogP contribution in [-0.2, 0) is 4.74 Å². The summed E-state index contributed by atoms with van der Waals surface area (Å²) in [5, 5.41) is 3.69. The van der Waals surface area contributed by atoms with Crippen LogP contribution in [0.1, 0.15) is 58.8 Å². The van der Waals surface area contributed by atoms with Crippen molar-refractivity contribution in [1.82, 2.24) is 5.32 Å². The molecule has 0 radical (unpaired) electrons. The van der Waals surface area contributed by atoms with Crippen molar-refractivity contribution in [2.24, 2.45) is 11.8 Å². The molecule has 0 aromatic rings. The van der Waals surface area contributed by atoms with Gasteiger partial charge in [-0.1, -0.05) is 20.3 Å². The molecule has 17 heavy (non-hydrogen) atoms. The summed E-state index contributed by atoms with van der Waals surface area (Å²) in [6.45, 7) is 6.73. The molecule has 0 heterocycles. The van der Waals surface area contributed by atoms with E-state index in [1.807, 2.05) is 0 Å². The molecule has 3 unspecified atom stereocenters. The minimum atomic E-state index is 0.487. The zero-order valence-corrected chi connectivity index (χ0v) is 11.6. The van der Waals surface area contributed by atoms with Gasteiger partial charge in [0, 0.05) is 12.6 Å². The van der Waals surface area contributed by atoms with E-state index < -0.39 is 0 Å². The van der Waals surface area contributed by atoms with Gasteiger partial charge in [0.15, 0.2) is 0 Å². The largest absolute Gasteiger partial charge is 0.376 e. The number of rotatable bonds is 7. The van der Waals surface area contributed by atoms with Crippen LogP contribution in [0.15, 0.2) is 0 Å². The maximum Gasteiger partial charge on any atom is 0.0730 e. The summed E-state index contributed by atoms with van der Waals surface area (Å²) in [6, 6.07) is 0.622. The molecular weight excluding hydrogens is 210 g/mol. The molecule has 100 valence electrons. The van der Waals surface area contributed by atoms with Crippen LogP contribution in [0, 0.1) is 11.8 Å². The molecular formula is C15H29NO. The van der Waals surface area contributed by atoms with Crippen LogP contribution in [0.4, 0.5) is 0 Å². The van der Waals surface area contributed by atoms with Gasteiger partial charge in [-0.25, -0.2) is 0 Å². The van der Waals surface area contributed by atoms with Crippen LogP contribution in [-0.4, -0.2) is 25.3 Å². The number of hydrogen-bond acceptors (Lipinski definition) is 2. The summed E-state index contributed by atoms with van der Waals surface area (Å²) in [4.78, 5) is 0. The topological polar surface area (TPSA) is 21.3 Å². The maximum absolute atomic E-state index is 6.19. The van der Waals surface area contributed by atoms with E-state index in [9.17, 15) is 0 Å². The smallest absolute Gasteiger partial charge is 0.0730 e. The van der Waals surface area contributed by atoms with E-state index >= 15 is 0 Å². The number of nitrogens with one attached hydrogen (secondary N) is 1. The molecule has 1 N–H and O–H groups in total. The standard InChI is InChI=1S/C15H29NO/c1-3-9-16-14-8-7-12(4-2)10-15(14)17-11-13-5-6-13/h12-16H,3-11H2,1-2H3. The monoisotopic (exact) mass is 239 g/mol. The fourth-order valence-electron chi connectivity index (χ4n) is 2.87. The third-order valence-electron chi connectivity index (χ3n) is 4.38. The van der Waals surface area contributed by atoms with Crippen LogP contribution < -0.4 is 5.32 Å². The molecule has 2 rings (SSSR count). The Kier molecular flexibility index (Phi) is 5.30. The summed E-state index contributed by atoms with van der Waals surface area (Å²) in [5.41, 5.74) is 0. The lowest BCUT2D eigenvalue weighted by Gasteiger charge is -2.36. The molecule has 0 spiro atoms. The minimum Gasteiger partial charge on any atom is -0.376 e. The third-order valence-corrected chi connectivity index (χ3v) is 4.38. The molecule has 0 amide bonds. The number of hydrogen-bond donors (Lipinski definition) is 1. The molecule has 2 nitrogen and oxygen atoms in total. The highest BCUT2D eigenvalue weighted by molar-refractivity contribution is 4.86. The first kappa shape index (κ1) is 13.4. The highest BCUT2D eigenvalue weighted by Crippen LogP contribution is 2.33. The quantitative estimate of drug-likeness (QED) is 0.735. The van der Waals surface area contributed by atoms with Gasteiger partial charge in [-0.3, -0.25) is 0 Å². The second kappa shape index (κ2) is 6.75. The van der Waals surface area contributed by atoms with Gasteiger partial charge in [-0.2, -0.15) is 0 Å². The van der Waals surface area contributed by atoms with Crippen LogP contribution in [0.3, 0.4) is 0 Å². The van der Waals surface area contributed by atoms with Gasteiger partial charge in [0.2, 0.25) is 0 Å². The Morgan fingerprint density at radius 2 is 1.82 bits per heavy atom. The molecule has 2 aliphatic carbocycles. The summed E-state index contributed by atoms with van der Waals surface area (Å²) < 4.78 is 6.19. The maximum atomic E-state index is 6.19. The Balaban J connectivity index is 1.78. The van der Waals surface area contributed by atoms with E-state index in [1.54, 1.807) is 0 Å². The van der Waals surface area contributed by atoms with Gasteiger partial charge in [-0.15, -0.1) is 0 Å². The lowest BCUT2D eigenvalue weighted by molar-refractivity contribution is -0.0152.